The lowest BCUT2D eigenvalue weighted by atomic mass is 10.1. The van der Waals surface area contributed by atoms with Gasteiger partial charge in [-0.25, -0.2) is 15.0 Å². The van der Waals surface area contributed by atoms with Gasteiger partial charge in [-0.3, -0.25) is 19.5 Å². The van der Waals surface area contributed by atoms with Crippen LogP contribution in [0.25, 0.3) is 5.82 Å². The first-order valence-corrected chi connectivity index (χ1v) is 9.04. The number of hydroxylamine groups is 2. The molecule has 2 aromatic rings. The highest BCUT2D eigenvalue weighted by Crippen LogP contribution is 2.27. The van der Waals surface area contributed by atoms with Crippen LogP contribution in [-0.4, -0.2) is 66.4 Å². The number of rotatable bonds is 6. The quantitative estimate of drug-likeness (QED) is 0.287. The van der Waals surface area contributed by atoms with Crippen LogP contribution < -0.4 is 16.6 Å². The maximum absolute atomic E-state index is 10.9. The zero-order valence-corrected chi connectivity index (χ0v) is 15.6. The molecule has 2 aliphatic rings. The Morgan fingerprint density at radius 3 is 2.87 bits per heavy atom. The fourth-order valence-electron chi connectivity index (χ4n) is 3.34. The van der Waals surface area contributed by atoms with Gasteiger partial charge in [-0.15, -0.1) is 0 Å². The number of imidazole rings is 1. The van der Waals surface area contributed by atoms with E-state index in [1.807, 2.05) is 0 Å². The van der Waals surface area contributed by atoms with E-state index in [9.17, 15) is 25.4 Å². The lowest BCUT2D eigenvalue weighted by Gasteiger charge is -2.24. The van der Waals surface area contributed by atoms with Gasteiger partial charge in [-0.1, -0.05) is 12.1 Å². The third-order valence-corrected chi connectivity index (χ3v) is 4.93. The number of hydrogen-bond acceptors (Lipinski definition) is 11. The molecule has 1 aromatic heterocycles. The van der Waals surface area contributed by atoms with Gasteiger partial charge in [0.15, 0.2) is 17.5 Å². The molecule has 1 aromatic carbocycles. The highest BCUT2D eigenvalue weighted by molar-refractivity contribution is 5.35. The normalized spacial score (nSPS) is 25.8. The second kappa shape index (κ2) is 7.97. The van der Waals surface area contributed by atoms with Crippen molar-refractivity contribution >= 4 is 11.5 Å². The zero-order chi connectivity index (χ0) is 21.4. The van der Waals surface area contributed by atoms with E-state index in [1.54, 1.807) is 12.1 Å². The van der Waals surface area contributed by atoms with Crippen LogP contribution in [0.4, 0.5) is 5.69 Å². The molecule has 2 aliphatic heterocycles. The number of nitro groups is 1. The molecule has 13 nitrogen and oxygen atoms in total. The van der Waals surface area contributed by atoms with E-state index < -0.39 is 36.1 Å². The standard InChI is InChI=1S/C17H20N6O7/c18-15-12-16(21(7-19-12)17-14(26)13(25)11(5-24)30-17)20-8-22(15)29-6-9-2-1-3-10(4-9)23(27)28/h1-4,7,11,13-14,17,24-26H,5-6,8,18H2/t11-,13-,14-,17-/m1/s1. The lowest BCUT2D eigenvalue weighted by Crippen LogP contribution is -2.47. The molecular weight excluding hydrogens is 400 g/mol. The van der Waals surface area contributed by atoms with E-state index in [0.717, 1.165) is 0 Å². The summed E-state index contributed by atoms with van der Waals surface area (Å²) >= 11 is 0. The third-order valence-electron chi connectivity index (χ3n) is 4.93. The summed E-state index contributed by atoms with van der Waals surface area (Å²) in [5, 5.41) is 41.9. The molecule has 0 spiro atoms. The van der Waals surface area contributed by atoms with Crippen molar-refractivity contribution in [3.63, 3.8) is 0 Å². The summed E-state index contributed by atoms with van der Waals surface area (Å²) in [6.45, 7) is -0.409. The molecular formula is C17H20N6O7. The van der Waals surface area contributed by atoms with Crippen LogP contribution in [0, 0.1) is 10.1 Å². The van der Waals surface area contributed by atoms with Crippen LogP contribution in [0.2, 0.25) is 0 Å². The average Bonchev–Trinajstić information content (AvgIpc) is 3.29. The van der Waals surface area contributed by atoms with Gasteiger partial charge in [0.25, 0.3) is 5.69 Å². The molecule has 160 valence electrons. The SMILES string of the molecule is NC1=c2ncn([C@@H]3O[C@H](CO)[C@@H](O)[C@H]3O)c2=NCN1OCc1cccc([N+](=O)[O-])c1. The molecule has 4 atom stereocenters. The van der Waals surface area contributed by atoms with Gasteiger partial charge in [-0.2, -0.15) is 0 Å². The number of benzene rings is 1. The van der Waals surface area contributed by atoms with E-state index in [4.69, 9.17) is 15.3 Å². The fourth-order valence-corrected chi connectivity index (χ4v) is 3.34. The highest BCUT2D eigenvalue weighted by Gasteiger charge is 2.44. The van der Waals surface area contributed by atoms with Crippen molar-refractivity contribution < 1.29 is 29.8 Å². The van der Waals surface area contributed by atoms with Crippen molar-refractivity contribution in [3.8, 4) is 0 Å². The fraction of sp³-hybridized carbons (Fsp3) is 0.412. The van der Waals surface area contributed by atoms with Crippen LogP contribution >= 0.6 is 0 Å². The number of nitrogens with zero attached hydrogens (tertiary/aromatic N) is 5. The maximum atomic E-state index is 10.9. The first-order valence-electron chi connectivity index (χ1n) is 9.04. The van der Waals surface area contributed by atoms with Crippen molar-refractivity contribution in [3.05, 3.63) is 57.1 Å². The Bertz CT molecular complexity index is 1070. The van der Waals surface area contributed by atoms with Gasteiger partial charge in [-0.05, 0) is 5.56 Å². The van der Waals surface area contributed by atoms with E-state index in [-0.39, 0.29) is 30.1 Å². The number of hydrogen-bond donors (Lipinski definition) is 4. The number of ether oxygens (including phenoxy) is 1. The number of aliphatic hydroxyl groups excluding tert-OH is 3. The molecule has 0 unspecified atom stereocenters. The van der Waals surface area contributed by atoms with Crippen molar-refractivity contribution in [1.29, 1.82) is 0 Å². The second-order valence-electron chi connectivity index (χ2n) is 6.82. The summed E-state index contributed by atoms with van der Waals surface area (Å²) in [5.41, 5.74) is 7.01. The Morgan fingerprint density at radius 1 is 1.37 bits per heavy atom. The van der Waals surface area contributed by atoms with E-state index in [0.29, 0.717) is 11.1 Å². The summed E-state index contributed by atoms with van der Waals surface area (Å²) in [4.78, 5) is 24.6. The smallest absolute Gasteiger partial charge is 0.269 e. The molecule has 30 heavy (non-hydrogen) atoms. The largest absolute Gasteiger partial charge is 0.394 e. The minimum absolute atomic E-state index is 0.00819. The van der Waals surface area contributed by atoms with Crippen LogP contribution in [0.15, 0.2) is 35.6 Å². The molecule has 0 amide bonds. The van der Waals surface area contributed by atoms with Crippen LogP contribution in [0.5, 0.6) is 0 Å². The Hall–Kier alpha value is -3.10. The Balaban J connectivity index is 1.54. The molecule has 13 heteroatoms. The Kier molecular flexibility index (Phi) is 5.36. The van der Waals surface area contributed by atoms with Gasteiger partial charge in [0.1, 0.15) is 36.9 Å². The molecule has 0 bridgehead atoms. The van der Waals surface area contributed by atoms with E-state index in [1.165, 1.54) is 28.1 Å². The molecule has 5 N–H and O–H groups in total. The van der Waals surface area contributed by atoms with Gasteiger partial charge in [0.05, 0.1) is 17.9 Å². The first kappa shape index (κ1) is 20.2. The Labute approximate surface area is 169 Å². The monoisotopic (exact) mass is 420 g/mol. The number of aliphatic hydroxyl groups is 3. The van der Waals surface area contributed by atoms with Gasteiger partial charge in [0, 0.05) is 12.1 Å². The van der Waals surface area contributed by atoms with Crippen molar-refractivity contribution in [2.45, 2.75) is 31.1 Å². The molecule has 0 radical (unpaired) electrons. The topological polar surface area (TPSA) is 182 Å². The van der Waals surface area contributed by atoms with Crippen LogP contribution in [0.3, 0.4) is 0 Å². The van der Waals surface area contributed by atoms with Gasteiger partial charge >= 0.3 is 0 Å². The van der Waals surface area contributed by atoms with Gasteiger partial charge < -0.3 is 25.8 Å². The number of non-ortho nitro benzene ring substituents is 1. The van der Waals surface area contributed by atoms with Crippen molar-refractivity contribution in [2.75, 3.05) is 13.3 Å². The predicted octanol–water partition coefficient (Wildman–Crippen LogP) is -2.55. The minimum Gasteiger partial charge on any atom is -0.394 e. The lowest BCUT2D eigenvalue weighted by molar-refractivity contribution is -0.385. The molecule has 1 fully saturated rings. The number of aromatic nitrogens is 2. The van der Waals surface area contributed by atoms with E-state index in [2.05, 4.69) is 9.98 Å². The molecule has 0 saturated carbocycles. The van der Waals surface area contributed by atoms with Crippen molar-refractivity contribution in [2.24, 2.45) is 10.7 Å². The number of nitro benzene ring substituents is 1. The third kappa shape index (κ3) is 3.48. The summed E-state index contributed by atoms with van der Waals surface area (Å²) in [6, 6.07) is 6.04. The average molecular weight is 420 g/mol. The summed E-state index contributed by atoms with van der Waals surface area (Å²) < 4.78 is 6.94. The number of fused-ring (bicyclic) bond motifs is 1. The maximum Gasteiger partial charge on any atom is 0.269 e. The van der Waals surface area contributed by atoms with Crippen molar-refractivity contribution in [1.82, 2.24) is 14.6 Å². The zero-order valence-electron chi connectivity index (χ0n) is 15.6. The highest BCUT2D eigenvalue weighted by atomic mass is 16.7. The summed E-state index contributed by atoms with van der Waals surface area (Å²) in [5.74, 6) is 0.163. The second-order valence-corrected chi connectivity index (χ2v) is 6.82. The predicted molar refractivity (Wildman–Crippen MR) is 98.2 cm³/mol. The first-order chi connectivity index (χ1) is 14.4. The number of nitrogens with two attached hydrogens (primary N) is 1. The molecule has 3 heterocycles. The van der Waals surface area contributed by atoms with Gasteiger partial charge in [0.2, 0.25) is 0 Å². The van der Waals surface area contributed by atoms with Crippen LogP contribution in [-0.2, 0) is 16.2 Å². The van der Waals surface area contributed by atoms with E-state index >= 15 is 0 Å². The Morgan fingerprint density at radius 2 is 2.17 bits per heavy atom. The summed E-state index contributed by atoms with van der Waals surface area (Å²) in [7, 11) is 0. The molecule has 4 rings (SSSR count). The minimum atomic E-state index is -1.28. The van der Waals surface area contributed by atoms with Crippen LogP contribution in [0.1, 0.15) is 11.8 Å². The molecule has 1 saturated heterocycles. The summed E-state index contributed by atoms with van der Waals surface area (Å²) in [6.07, 6.45) is -3.08. The molecule has 0 aliphatic carbocycles.